The van der Waals surface area contributed by atoms with E-state index >= 15 is 0 Å². The van der Waals surface area contributed by atoms with Crippen LogP contribution in [0.4, 0.5) is 4.39 Å². The molecule has 5 heteroatoms. The second-order valence-corrected chi connectivity index (χ2v) is 4.68. The summed E-state index contributed by atoms with van der Waals surface area (Å²) in [6.07, 6.45) is -1.35. The number of ether oxygens (including phenoxy) is 1. The van der Waals surface area contributed by atoms with Crippen molar-refractivity contribution in [3.05, 3.63) is 34.1 Å². The van der Waals surface area contributed by atoms with Crippen LogP contribution in [0.2, 0.25) is 5.02 Å². The summed E-state index contributed by atoms with van der Waals surface area (Å²) in [6.45, 7) is 1.40. The molecule has 0 radical (unpaired) electrons. The van der Waals surface area contributed by atoms with E-state index in [0.29, 0.717) is 17.5 Å². The van der Waals surface area contributed by atoms with Gasteiger partial charge in [0.05, 0.1) is 18.8 Å². The number of rotatable bonds is 2. The van der Waals surface area contributed by atoms with Gasteiger partial charge in [-0.1, -0.05) is 11.6 Å². The van der Waals surface area contributed by atoms with Gasteiger partial charge in [0.15, 0.2) is 0 Å². The largest absolute Gasteiger partial charge is 0.394 e. The van der Waals surface area contributed by atoms with E-state index < -0.39 is 18.3 Å². The average Bonchev–Trinajstić information content (AvgIpc) is 2.65. The Balaban J connectivity index is 2.27. The quantitative estimate of drug-likeness (QED) is 0.855. The molecule has 0 spiro atoms. The van der Waals surface area contributed by atoms with Gasteiger partial charge in [0.1, 0.15) is 11.9 Å². The summed E-state index contributed by atoms with van der Waals surface area (Å²) in [6, 6.07) is 2.86. The molecule has 3 nitrogen and oxygen atoms in total. The Morgan fingerprint density at radius 2 is 2.24 bits per heavy atom. The molecule has 2 rings (SSSR count). The van der Waals surface area contributed by atoms with Gasteiger partial charge in [-0.05, 0) is 30.2 Å². The average molecular weight is 261 g/mol. The van der Waals surface area contributed by atoms with E-state index in [9.17, 15) is 9.50 Å². The fourth-order valence-electron chi connectivity index (χ4n) is 2.02. The Bertz CT molecular complexity index is 424. The molecule has 1 heterocycles. The fraction of sp³-hybridized carbons (Fsp3) is 0.500. The molecule has 1 aromatic carbocycles. The number of aliphatic hydroxyl groups is 2. The van der Waals surface area contributed by atoms with Gasteiger partial charge in [0.2, 0.25) is 0 Å². The first-order valence-electron chi connectivity index (χ1n) is 5.43. The molecule has 0 saturated carbocycles. The van der Waals surface area contributed by atoms with Crippen LogP contribution >= 0.6 is 11.6 Å². The second kappa shape index (κ2) is 4.90. The number of halogens is 2. The highest BCUT2D eigenvalue weighted by Gasteiger charge is 2.35. The zero-order valence-corrected chi connectivity index (χ0v) is 10.1. The smallest absolute Gasteiger partial charge is 0.127 e. The molecule has 1 fully saturated rings. The molecule has 94 valence electrons. The Labute approximate surface area is 104 Å². The van der Waals surface area contributed by atoms with E-state index in [2.05, 4.69) is 0 Å². The Hall–Kier alpha value is -0.680. The van der Waals surface area contributed by atoms with Crippen LogP contribution in [0.3, 0.4) is 0 Å². The monoisotopic (exact) mass is 260 g/mol. The van der Waals surface area contributed by atoms with E-state index in [-0.39, 0.29) is 17.4 Å². The minimum absolute atomic E-state index is 0.241. The van der Waals surface area contributed by atoms with Crippen LogP contribution in [-0.2, 0) is 4.74 Å². The molecule has 1 aliphatic heterocycles. The molecule has 0 aromatic heterocycles. The molecule has 17 heavy (non-hydrogen) atoms. The first kappa shape index (κ1) is 12.8. The lowest BCUT2D eigenvalue weighted by Gasteiger charge is -2.14. The zero-order chi connectivity index (χ0) is 12.6. The molecule has 1 aliphatic rings. The van der Waals surface area contributed by atoms with Crippen LogP contribution in [0.25, 0.3) is 0 Å². The third kappa shape index (κ3) is 2.45. The van der Waals surface area contributed by atoms with Gasteiger partial charge < -0.3 is 14.9 Å². The second-order valence-electron chi connectivity index (χ2n) is 4.27. The predicted octanol–water partition coefficient (Wildman–Crippen LogP) is 1.97. The van der Waals surface area contributed by atoms with Crippen LogP contribution in [0.5, 0.6) is 0 Å². The van der Waals surface area contributed by atoms with Gasteiger partial charge in [-0.2, -0.15) is 0 Å². The summed E-state index contributed by atoms with van der Waals surface area (Å²) in [7, 11) is 0. The lowest BCUT2D eigenvalue weighted by atomic mass is 10.0. The molecule has 0 aliphatic carbocycles. The van der Waals surface area contributed by atoms with Crippen LogP contribution in [0.1, 0.15) is 23.7 Å². The van der Waals surface area contributed by atoms with Gasteiger partial charge in [-0.25, -0.2) is 4.39 Å². The molecule has 2 N–H and O–H groups in total. The minimum atomic E-state index is -0.716. The maximum atomic E-state index is 13.3. The van der Waals surface area contributed by atoms with Crippen LogP contribution in [-0.4, -0.2) is 29.0 Å². The molecule has 0 bridgehead atoms. The Morgan fingerprint density at radius 3 is 2.82 bits per heavy atom. The maximum absolute atomic E-state index is 13.3. The summed E-state index contributed by atoms with van der Waals surface area (Å²) in [5.74, 6) is -0.365. The topological polar surface area (TPSA) is 49.7 Å². The van der Waals surface area contributed by atoms with E-state index in [0.717, 1.165) is 0 Å². The minimum Gasteiger partial charge on any atom is -0.394 e. The standard InChI is InChI=1S/C12H14ClFO3/c1-6-2-7(8(13)3-9(6)14)11-4-10(16)12(5-15)17-11/h2-3,10-12,15-16H,4-5H2,1H3/t10-,11-,12+/m0/s1. The van der Waals surface area contributed by atoms with Gasteiger partial charge in [0.25, 0.3) is 0 Å². The zero-order valence-electron chi connectivity index (χ0n) is 9.36. The SMILES string of the molecule is Cc1cc([C@@H]2C[C@H](O)[C@@H](CO)O2)c(Cl)cc1F. The van der Waals surface area contributed by atoms with Gasteiger partial charge in [-0.15, -0.1) is 0 Å². The highest BCUT2D eigenvalue weighted by molar-refractivity contribution is 6.31. The van der Waals surface area contributed by atoms with Crippen molar-refractivity contribution in [3.8, 4) is 0 Å². The normalized spacial score (nSPS) is 28.6. The van der Waals surface area contributed by atoms with Crippen LogP contribution < -0.4 is 0 Å². The lowest BCUT2D eigenvalue weighted by molar-refractivity contribution is -0.0225. The van der Waals surface area contributed by atoms with E-state index in [1.54, 1.807) is 13.0 Å². The molecule has 0 amide bonds. The summed E-state index contributed by atoms with van der Waals surface area (Å²) in [5, 5.41) is 18.9. The third-order valence-corrected chi connectivity index (χ3v) is 3.36. The number of hydrogen-bond donors (Lipinski definition) is 2. The van der Waals surface area contributed by atoms with E-state index in [1.807, 2.05) is 0 Å². The molecule has 0 unspecified atom stereocenters. The Morgan fingerprint density at radius 1 is 1.53 bits per heavy atom. The first-order valence-corrected chi connectivity index (χ1v) is 5.80. The fourth-order valence-corrected chi connectivity index (χ4v) is 2.29. The van der Waals surface area contributed by atoms with Crippen LogP contribution in [0.15, 0.2) is 12.1 Å². The summed E-state index contributed by atoms with van der Waals surface area (Å²) in [5.41, 5.74) is 1.13. The molecular weight excluding hydrogens is 247 g/mol. The molecule has 1 saturated heterocycles. The van der Waals surface area contributed by atoms with Crippen molar-refractivity contribution in [1.82, 2.24) is 0 Å². The van der Waals surface area contributed by atoms with Crippen molar-refractivity contribution in [3.63, 3.8) is 0 Å². The van der Waals surface area contributed by atoms with Crippen molar-refractivity contribution in [2.75, 3.05) is 6.61 Å². The number of aliphatic hydroxyl groups excluding tert-OH is 2. The highest BCUT2D eigenvalue weighted by atomic mass is 35.5. The summed E-state index contributed by atoms with van der Waals surface area (Å²) in [4.78, 5) is 0. The number of benzene rings is 1. The number of aryl methyl sites for hydroxylation is 1. The predicted molar refractivity (Wildman–Crippen MR) is 61.5 cm³/mol. The summed E-state index contributed by atoms with van der Waals surface area (Å²) >= 11 is 5.96. The van der Waals surface area contributed by atoms with Crippen molar-refractivity contribution in [2.45, 2.75) is 31.7 Å². The van der Waals surface area contributed by atoms with Crippen molar-refractivity contribution >= 4 is 11.6 Å². The summed E-state index contributed by atoms with van der Waals surface area (Å²) < 4.78 is 18.7. The van der Waals surface area contributed by atoms with Crippen molar-refractivity contribution in [2.24, 2.45) is 0 Å². The van der Waals surface area contributed by atoms with Gasteiger partial charge in [0, 0.05) is 11.4 Å². The number of hydrogen-bond acceptors (Lipinski definition) is 3. The molecular formula is C12H14ClFO3. The Kier molecular flexibility index (Phi) is 3.68. The molecule has 1 aromatic rings. The van der Waals surface area contributed by atoms with Crippen molar-refractivity contribution < 1.29 is 19.3 Å². The first-order chi connectivity index (χ1) is 8.02. The lowest BCUT2D eigenvalue weighted by Crippen LogP contribution is -2.24. The van der Waals surface area contributed by atoms with Gasteiger partial charge in [-0.3, -0.25) is 0 Å². The van der Waals surface area contributed by atoms with E-state index in [1.165, 1.54) is 6.07 Å². The third-order valence-electron chi connectivity index (χ3n) is 3.03. The van der Waals surface area contributed by atoms with Gasteiger partial charge >= 0.3 is 0 Å². The van der Waals surface area contributed by atoms with Crippen molar-refractivity contribution in [1.29, 1.82) is 0 Å². The maximum Gasteiger partial charge on any atom is 0.127 e. The van der Waals surface area contributed by atoms with Crippen LogP contribution in [0, 0.1) is 12.7 Å². The highest BCUT2D eigenvalue weighted by Crippen LogP contribution is 2.37. The molecule has 3 atom stereocenters. The van der Waals surface area contributed by atoms with E-state index in [4.69, 9.17) is 21.4 Å².